The van der Waals surface area contributed by atoms with Crippen LogP contribution >= 0.6 is 11.3 Å². The summed E-state index contributed by atoms with van der Waals surface area (Å²) in [5.41, 5.74) is 2.67. The van der Waals surface area contributed by atoms with Crippen LogP contribution < -0.4 is 5.32 Å². The molecule has 0 saturated heterocycles. The predicted octanol–water partition coefficient (Wildman–Crippen LogP) is -0.105. The highest BCUT2D eigenvalue weighted by atomic mass is 32.1. The van der Waals surface area contributed by atoms with Gasteiger partial charge in [0.25, 0.3) is 11.7 Å². The van der Waals surface area contributed by atoms with Crippen molar-refractivity contribution in [2.24, 2.45) is 0 Å². The summed E-state index contributed by atoms with van der Waals surface area (Å²) in [7, 11) is 0. The summed E-state index contributed by atoms with van der Waals surface area (Å²) in [5.74, 6) is -0.311. The lowest BCUT2D eigenvalue weighted by atomic mass is 10.4. The van der Waals surface area contributed by atoms with Gasteiger partial charge >= 0.3 is 0 Å². The van der Waals surface area contributed by atoms with Crippen LogP contribution in [0.5, 0.6) is 0 Å². The van der Waals surface area contributed by atoms with Crippen LogP contribution in [0, 0.1) is 6.92 Å². The van der Waals surface area contributed by atoms with Gasteiger partial charge in [-0.15, -0.1) is 21.5 Å². The number of thiazole rings is 1. The van der Waals surface area contributed by atoms with Gasteiger partial charge in [0.05, 0.1) is 17.7 Å². The molecule has 78 valence electrons. The van der Waals surface area contributed by atoms with Gasteiger partial charge in [-0.1, -0.05) is 0 Å². The van der Waals surface area contributed by atoms with E-state index in [-0.39, 0.29) is 11.7 Å². The first-order valence-electron chi connectivity index (χ1n) is 4.18. The smallest absolute Gasteiger partial charge is 0.293 e. The minimum Gasteiger partial charge on any atom is -0.344 e. The number of aryl methyl sites for hydroxylation is 1. The van der Waals surface area contributed by atoms with E-state index < -0.39 is 0 Å². The van der Waals surface area contributed by atoms with Gasteiger partial charge in [0.1, 0.15) is 0 Å². The van der Waals surface area contributed by atoms with E-state index in [0.717, 1.165) is 10.6 Å². The Hall–Kier alpha value is -1.83. The number of rotatable bonds is 3. The summed E-state index contributed by atoms with van der Waals surface area (Å²) >= 11 is 1.50. The lowest BCUT2D eigenvalue weighted by molar-refractivity contribution is 0.0941. The fraction of sp³-hybridized carbons (Fsp3) is 0.286. The third kappa shape index (κ3) is 2.15. The number of hydrogen-bond donors (Lipinski definition) is 2. The lowest BCUT2D eigenvalue weighted by Crippen LogP contribution is -2.23. The fourth-order valence-electron chi connectivity index (χ4n) is 0.993. The minimum absolute atomic E-state index is 0.0390. The van der Waals surface area contributed by atoms with E-state index in [1.165, 1.54) is 11.3 Å². The molecule has 15 heavy (non-hydrogen) atoms. The van der Waals surface area contributed by atoms with Crippen molar-refractivity contribution in [1.29, 1.82) is 0 Å². The molecule has 2 heterocycles. The van der Waals surface area contributed by atoms with Gasteiger partial charge in [0.2, 0.25) is 0 Å². The number of aromatic amines is 1. The van der Waals surface area contributed by atoms with Crippen molar-refractivity contribution in [3.63, 3.8) is 0 Å². The summed E-state index contributed by atoms with van der Waals surface area (Å²) in [6.45, 7) is 2.33. The van der Waals surface area contributed by atoms with Crippen molar-refractivity contribution in [3.05, 3.63) is 21.9 Å². The van der Waals surface area contributed by atoms with Crippen molar-refractivity contribution in [2.75, 3.05) is 0 Å². The Labute approximate surface area is 88.9 Å². The summed E-state index contributed by atoms with van der Waals surface area (Å²) in [4.78, 5) is 16.5. The second-order valence-electron chi connectivity index (χ2n) is 2.78. The van der Waals surface area contributed by atoms with E-state index in [4.69, 9.17) is 0 Å². The normalized spacial score (nSPS) is 10.2. The zero-order valence-corrected chi connectivity index (χ0v) is 8.71. The molecule has 0 aliphatic rings. The summed E-state index contributed by atoms with van der Waals surface area (Å²) in [5, 5.41) is 15.3. The van der Waals surface area contributed by atoms with E-state index in [1.807, 2.05) is 6.92 Å². The molecular formula is C7H8N6OS. The molecule has 2 rings (SSSR count). The molecule has 0 atom stereocenters. The number of carbonyl (C=O) groups excluding carboxylic acids is 1. The molecule has 0 spiro atoms. The van der Waals surface area contributed by atoms with Gasteiger partial charge < -0.3 is 5.32 Å². The van der Waals surface area contributed by atoms with Crippen molar-refractivity contribution in [1.82, 2.24) is 30.9 Å². The maximum absolute atomic E-state index is 11.4. The predicted molar refractivity (Wildman–Crippen MR) is 52.2 cm³/mol. The average molecular weight is 224 g/mol. The van der Waals surface area contributed by atoms with E-state index in [9.17, 15) is 4.79 Å². The van der Waals surface area contributed by atoms with Gasteiger partial charge in [-0.2, -0.15) is 5.21 Å². The second kappa shape index (κ2) is 4.13. The first-order chi connectivity index (χ1) is 7.27. The summed E-state index contributed by atoms with van der Waals surface area (Å²) in [6, 6.07) is 0. The van der Waals surface area contributed by atoms with Crippen LogP contribution in [-0.4, -0.2) is 31.5 Å². The molecule has 0 aliphatic carbocycles. The largest absolute Gasteiger partial charge is 0.344 e. The maximum Gasteiger partial charge on any atom is 0.293 e. The van der Waals surface area contributed by atoms with Crippen molar-refractivity contribution in [2.45, 2.75) is 13.5 Å². The van der Waals surface area contributed by atoms with Crippen molar-refractivity contribution in [3.8, 4) is 0 Å². The number of nitrogens with one attached hydrogen (secondary N) is 2. The van der Waals surface area contributed by atoms with Gasteiger partial charge in [0, 0.05) is 4.88 Å². The number of amides is 1. The number of hydrogen-bond acceptors (Lipinski definition) is 6. The molecule has 2 aromatic heterocycles. The van der Waals surface area contributed by atoms with Crippen LogP contribution in [0.25, 0.3) is 0 Å². The standard InChI is InChI=1S/C7H8N6OS/c1-4-5(15-3-9-4)2-8-7(14)6-10-12-13-11-6/h3H,2H2,1H3,(H,8,14)(H,10,11,12,13). The monoisotopic (exact) mass is 224 g/mol. The number of carbonyl (C=O) groups is 1. The van der Waals surface area contributed by atoms with Crippen LogP contribution in [-0.2, 0) is 6.54 Å². The first-order valence-corrected chi connectivity index (χ1v) is 5.06. The quantitative estimate of drug-likeness (QED) is 0.758. The van der Waals surface area contributed by atoms with Crippen molar-refractivity contribution < 1.29 is 4.79 Å². The number of aromatic nitrogens is 5. The molecule has 8 heteroatoms. The molecular weight excluding hydrogens is 216 g/mol. The fourth-order valence-corrected chi connectivity index (χ4v) is 1.71. The Kier molecular flexibility index (Phi) is 2.68. The number of nitrogens with zero attached hydrogens (tertiary/aromatic N) is 4. The van der Waals surface area contributed by atoms with Crippen LogP contribution in [0.15, 0.2) is 5.51 Å². The van der Waals surface area contributed by atoms with Gasteiger partial charge in [0.15, 0.2) is 0 Å². The van der Waals surface area contributed by atoms with E-state index in [2.05, 4.69) is 30.9 Å². The Balaban J connectivity index is 1.95. The minimum atomic E-state index is -0.350. The molecule has 0 unspecified atom stereocenters. The molecule has 0 radical (unpaired) electrons. The molecule has 2 N–H and O–H groups in total. The Morgan fingerprint density at radius 3 is 3.13 bits per heavy atom. The molecule has 0 fully saturated rings. The zero-order chi connectivity index (χ0) is 10.7. The molecule has 0 aromatic carbocycles. The van der Waals surface area contributed by atoms with E-state index >= 15 is 0 Å². The highest BCUT2D eigenvalue weighted by Crippen LogP contribution is 2.11. The third-order valence-electron chi connectivity index (χ3n) is 1.80. The molecule has 0 saturated carbocycles. The zero-order valence-electron chi connectivity index (χ0n) is 7.89. The second-order valence-corrected chi connectivity index (χ2v) is 3.72. The molecule has 1 amide bonds. The van der Waals surface area contributed by atoms with Gasteiger partial charge in [-0.05, 0) is 12.1 Å². The summed E-state index contributed by atoms with van der Waals surface area (Å²) < 4.78 is 0. The Bertz CT molecular complexity index is 450. The Morgan fingerprint density at radius 2 is 2.53 bits per heavy atom. The Morgan fingerprint density at radius 1 is 1.67 bits per heavy atom. The topological polar surface area (TPSA) is 96.5 Å². The molecule has 0 aliphatic heterocycles. The van der Waals surface area contributed by atoms with Crippen LogP contribution in [0.2, 0.25) is 0 Å². The average Bonchev–Trinajstić information content (AvgIpc) is 2.85. The maximum atomic E-state index is 11.4. The number of tetrazole rings is 1. The van der Waals surface area contributed by atoms with Gasteiger partial charge in [-0.3, -0.25) is 4.79 Å². The van der Waals surface area contributed by atoms with Crippen molar-refractivity contribution >= 4 is 17.2 Å². The van der Waals surface area contributed by atoms with Gasteiger partial charge in [-0.25, -0.2) is 4.98 Å². The third-order valence-corrected chi connectivity index (χ3v) is 2.74. The lowest BCUT2D eigenvalue weighted by Gasteiger charge is -1.99. The first kappa shape index (κ1) is 9.71. The van der Waals surface area contributed by atoms with Crippen LogP contribution in [0.3, 0.4) is 0 Å². The highest BCUT2D eigenvalue weighted by Gasteiger charge is 2.10. The number of H-pyrrole nitrogens is 1. The molecule has 2 aromatic rings. The summed E-state index contributed by atoms with van der Waals surface area (Å²) in [6.07, 6.45) is 0. The van der Waals surface area contributed by atoms with E-state index in [1.54, 1.807) is 5.51 Å². The molecule has 7 nitrogen and oxygen atoms in total. The van der Waals surface area contributed by atoms with E-state index in [0.29, 0.717) is 6.54 Å². The van der Waals surface area contributed by atoms with Crippen LogP contribution in [0.1, 0.15) is 21.2 Å². The highest BCUT2D eigenvalue weighted by molar-refractivity contribution is 7.09. The SMILES string of the molecule is Cc1ncsc1CNC(=O)c1nn[nH]n1. The molecule has 0 bridgehead atoms. The van der Waals surface area contributed by atoms with Crippen LogP contribution in [0.4, 0.5) is 0 Å².